The standard InChI is InChI=1S/C13H21N5O/c14-13(19)12(17-6-1-4-15-5-7-17)11-8-16-9-18(11)10-2-3-10/h8-10,12,15H,1-7H2,(H2,14,19). The summed E-state index contributed by atoms with van der Waals surface area (Å²) >= 11 is 0. The van der Waals surface area contributed by atoms with Gasteiger partial charge in [0.25, 0.3) is 0 Å². The first kappa shape index (κ1) is 12.6. The van der Waals surface area contributed by atoms with Crippen LogP contribution in [0.3, 0.4) is 0 Å². The third-order valence-corrected chi connectivity index (χ3v) is 3.93. The highest BCUT2D eigenvalue weighted by molar-refractivity contribution is 5.81. The molecule has 2 aliphatic rings. The van der Waals surface area contributed by atoms with Crippen molar-refractivity contribution < 1.29 is 4.79 Å². The molecule has 1 aromatic heterocycles. The summed E-state index contributed by atoms with van der Waals surface area (Å²) in [5.41, 5.74) is 6.61. The van der Waals surface area contributed by atoms with Gasteiger partial charge in [-0.15, -0.1) is 0 Å². The molecule has 6 heteroatoms. The molecule has 1 aliphatic heterocycles. The molecule has 1 aromatic rings. The van der Waals surface area contributed by atoms with Gasteiger partial charge in [-0.3, -0.25) is 9.69 Å². The monoisotopic (exact) mass is 263 g/mol. The number of hydrogen-bond donors (Lipinski definition) is 2. The molecule has 0 aromatic carbocycles. The molecule has 19 heavy (non-hydrogen) atoms. The molecule has 0 spiro atoms. The second kappa shape index (κ2) is 5.30. The number of carbonyl (C=O) groups is 1. The second-order valence-electron chi connectivity index (χ2n) is 5.40. The average Bonchev–Trinajstić information content (AvgIpc) is 3.16. The Balaban J connectivity index is 1.86. The largest absolute Gasteiger partial charge is 0.368 e. The summed E-state index contributed by atoms with van der Waals surface area (Å²) in [6.45, 7) is 3.66. The minimum atomic E-state index is -0.344. The summed E-state index contributed by atoms with van der Waals surface area (Å²) in [5.74, 6) is -0.274. The summed E-state index contributed by atoms with van der Waals surface area (Å²) in [4.78, 5) is 18.3. The van der Waals surface area contributed by atoms with Crippen LogP contribution in [0.5, 0.6) is 0 Å². The number of hydrogen-bond acceptors (Lipinski definition) is 4. The number of carbonyl (C=O) groups excluding carboxylic acids is 1. The molecule has 3 N–H and O–H groups in total. The molecule has 1 saturated carbocycles. The zero-order valence-electron chi connectivity index (χ0n) is 11.1. The lowest BCUT2D eigenvalue weighted by molar-refractivity contribution is -0.123. The highest BCUT2D eigenvalue weighted by Gasteiger charge is 2.33. The highest BCUT2D eigenvalue weighted by Crippen LogP contribution is 2.37. The van der Waals surface area contributed by atoms with E-state index in [0.717, 1.165) is 38.3 Å². The quantitative estimate of drug-likeness (QED) is 0.804. The first-order valence-electron chi connectivity index (χ1n) is 7.03. The van der Waals surface area contributed by atoms with E-state index in [0.29, 0.717) is 6.04 Å². The van der Waals surface area contributed by atoms with Gasteiger partial charge in [0, 0.05) is 25.7 Å². The number of rotatable bonds is 4. The number of nitrogens with two attached hydrogens (primary N) is 1. The maximum absolute atomic E-state index is 11.9. The molecule has 2 fully saturated rings. The van der Waals surface area contributed by atoms with Crippen LogP contribution in [0.25, 0.3) is 0 Å². The van der Waals surface area contributed by atoms with Crippen molar-refractivity contribution in [2.45, 2.75) is 31.3 Å². The lowest BCUT2D eigenvalue weighted by Gasteiger charge is -2.28. The number of primary amides is 1. The highest BCUT2D eigenvalue weighted by atomic mass is 16.1. The Bertz CT molecular complexity index is 446. The maximum Gasteiger partial charge on any atom is 0.240 e. The normalized spacial score (nSPS) is 22.9. The van der Waals surface area contributed by atoms with E-state index in [9.17, 15) is 4.79 Å². The topological polar surface area (TPSA) is 76.2 Å². The number of nitrogens with zero attached hydrogens (tertiary/aromatic N) is 3. The number of nitrogens with one attached hydrogen (secondary N) is 1. The van der Waals surface area contributed by atoms with Crippen molar-refractivity contribution in [2.75, 3.05) is 26.2 Å². The van der Waals surface area contributed by atoms with Gasteiger partial charge in [0.1, 0.15) is 6.04 Å². The fraction of sp³-hybridized carbons (Fsp3) is 0.692. The van der Waals surface area contributed by atoms with Gasteiger partial charge >= 0.3 is 0 Å². The van der Waals surface area contributed by atoms with Gasteiger partial charge in [-0.1, -0.05) is 0 Å². The fourth-order valence-electron chi connectivity index (χ4n) is 2.82. The van der Waals surface area contributed by atoms with E-state index in [4.69, 9.17) is 5.73 Å². The Kier molecular flexibility index (Phi) is 3.52. The average molecular weight is 263 g/mol. The second-order valence-corrected chi connectivity index (χ2v) is 5.40. The van der Waals surface area contributed by atoms with Crippen molar-refractivity contribution in [3.8, 4) is 0 Å². The lowest BCUT2D eigenvalue weighted by atomic mass is 10.1. The van der Waals surface area contributed by atoms with Gasteiger partial charge in [-0.2, -0.15) is 0 Å². The molecule has 1 saturated heterocycles. The summed E-state index contributed by atoms with van der Waals surface area (Å²) in [6.07, 6.45) is 7.03. The van der Waals surface area contributed by atoms with Crippen LogP contribution in [0.1, 0.15) is 37.0 Å². The Morgan fingerprint density at radius 1 is 1.42 bits per heavy atom. The van der Waals surface area contributed by atoms with Gasteiger partial charge in [0.2, 0.25) is 5.91 Å². The van der Waals surface area contributed by atoms with Gasteiger partial charge in [-0.05, 0) is 25.8 Å². The van der Waals surface area contributed by atoms with Gasteiger partial charge < -0.3 is 15.6 Å². The molecule has 0 bridgehead atoms. The molecule has 6 nitrogen and oxygen atoms in total. The van der Waals surface area contributed by atoms with Crippen LogP contribution in [0, 0.1) is 0 Å². The third kappa shape index (κ3) is 2.64. The zero-order valence-corrected chi connectivity index (χ0v) is 11.1. The molecule has 1 aliphatic carbocycles. The summed E-state index contributed by atoms with van der Waals surface area (Å²) < 4.78 is 2.13. The van der Waals surface area contributed by atoms with E-state index in [1.807, 2.05) is 6.33 Å². The van der Waals surface area contributed by atoms with Crippen molar-refractivity contribution in [2.24, 2.45) is 5.73 Å². The van der Waals surface area contributed by atoms with E-state index in [-0.39, 0.29) is 11.9 Å². The summed E-state index contributed by atoms with van der Waals surface area (Å²) in [7, 11) is 0. The summed E-state index contributed by atoms with van der Waals surface area (Å²) in [5, 5.41) is 3.35. The lowest BCUT2D eigenvalue weighted by Crippen LogP contribution is -2.40. The van der Waals surface area contributed by atoms with Gasteiger partial charge in [-0.25, -0.2) is 4.98 Å². The Morgan fingerprint density at radius 3 is 3.00 bits per heavy atom. The third-order valence-electron chi connectivity index (χ3n) is 3.93. The van der Waals surface area contributed by atoms with Crippen molar-refractivity contribution in [3.63, 3.8) is 0 Å². The van der Waals surface area contributed by atoms with E-state index in [1.165, 1.54) is 12.8 Å². The Labute approximate surface area is 113 Å². The smallest absolute Gasteiger partial charge is 0.240 e. The van der Waals surface area contributed by atoms with E-state index in [2.05, 4.69) is 19.8 Å². The van der Waals surface area contributed by atoms with Gasteiger partial charge in [0.05, 0.1) is 18.2 Å². The maximum atomic E-state index is 11.9. The van der Waals surface area contributed by atoms with Crippen molar-refractivity contribution >= 4 is 5.91 Å². The predicted molar refractivity (Wildman–Crippen MR) is 71.5 cm³/mol. The number of imidazole rings is 1. The van der Waals surface area contributed by atoms with Crippen LogP contribution < -0.4 is 11.1 Å². The molecule has 2 heterocycles. The van der Waals surface area contributed by atoms with Crippen molar-refractivity contribution in [1.82, 2.24) is 19.8 Å². The first-order chi connectivity index (χ1) is 9.27. The predicted octanol–water partition coefficient (Wildman–Crippen LogP) is 0.0397. The number of amides is 1. The Hall–Kier alpha value is -1.40. The SMILES string of the molecule is NC(=O)C(c1cncn1C1CC1)N1CCCNCC1. The first-order valence-corrected chi connectivity index (χ1v) is 7.03. The Morgan fingerprint density at radius 2 is 2.26 bits per heavy atom. The molecule has 1 atom stereocenters. The van der Waals surface area contributed by atoms with Gasteiger partial charge in [0.15, 0.2) is 0 Å². The molecule has 1 unspecified atom stereocenters. The zero-order chi connectivity index (χ0) is 13.2. The van der Waals surface area contributed by atoms with Crippen molar-refractivity contribution in [3.05, 3.63) is 18.2 Å². The molecule has 0 radical (unpaired) electrons. The van der Waals surface area contributed by atoms with E-state index >= 15 is 0 Å². The molecule has 1 amide bonds. The molecule has 104 valence electrons. The fourth-order valence-corrected chi connectivity index (χ4v) is 2.82. The van der Waals surface area contributed by atoms with Crippen LogP contribution in [-0.4, -0.2) is 46.5 Å². The van der Waals surface area contributed by atoms with Crippen LogP contribution in [0.4, 0.5) is 0 Å². The van der Waals surface area contributed by atoms with Crippen LogP contribution in [0.15, 0.2) is 12.5 Å². The number of aromatic nitrogens is 2. The molecule has 3 rings (SSSR count). The van der Waals surface area contributed by atoms with E-state index < -0.39 is 0 Å². The molecular formula is C13H21N5O. The summed E-state index contributed by atoms with van der Waals surface area (Å²) in [6, 6.07) is 0.174. The van der Waals surface area contributed by atoms with Crippen LogP contribution in [0.2, 0.25) is 0 Å². The van der Waals surface area contributed by atoms with Crippen molar-refractivity contribution in [1.29, 1.82) is 0 Å². The van der Waals surface area contributed by atoms with Crippen LogP contribution >= 0.6 is 0 Å². The minimum Gasteiger partial charge on any atom is -0.368 e. The van der Waals surface area contributed by atoms with Crippen LogP contribution in [-0.2, 0) is 4.79 Å². The molecular weight excluding hydrogens is 242 g/mol. The van der Waals surface area contributed by atoms with E-state index in [1.54, 1.807) is 6.20 Å². The minimum absolute atomic E-state index is 0.274.